The van der Waals surface area contributed by atoms with Gasteiger partial charge in [0, 0.05) is 25.6 Å². The number of piperidine rings is 1. The third-order valence-corrected chi connectivity index (χ3v) is 5.35. The first-order valence-electron chi connectivity index (χ1n) is 8.51. The van der Waals surface area contributed by atoms with Crippen LogP contribution in [-0.2, 0) is 11.2 Å². The van der Waals surface area contributed by atoms with Gasteiger partial charge in [0.25, 0.3) is 0 Å². The van der Waals surface area contributed by atoms with Crippen molar-refractivity contribution < 1.29 is 4.79 Å². The fourth-order valence-corrected chi connectivity index (χ4v) is 4.01. The summed E-state index contributed by atoms with van der Waals surface area (Å²) in [5.74, 6) is 0.725. The highest BCUT2D eigenvalue weighted by atomic mass is 16.2. The normalized spacial score (nSPS) is 21.4. The van der Waals surface area contributed by atoms with Gasteiger partial charge in [-0.15, -0.1) is 10.2 Å². The second kappa shape index (κ2) is 6.14. The molecule has 0 saturated carbocycles. The number of aryl methyl sites for hydroxylation is 1. The van der Waals surface area contributed by atoms with Crippen LogP contribution in [0.4, 0.5) is 0 Å². The van der Waals surface area contributed by atoms with Crippen LogP contribution in [0.2, 0.25) is 0 Å². The summed E-state index contributed by atoms with van der Waals surface area (Å²) in [4.78, 5) is 14.7. The summed E-state index contributed by atoms with van der Waals surface area (Å²) in [7, 11) is 0. The van der Waals surface area contributed by atoms with Gasteiger partial charge < -0.3 is 9.47 Å². The molecular weight excluding hydrogens is 288 g/mol. The van der Waals surface area contributed by atoms with E-state index in [2.05, 4.69) is 39.0 Å². The Hall–Kier alpha value is -2.17. The van der Waals surface area contributed by atoms with Crippen LogP contribution >= 0.6 is 0 Å². The number of carbonyl (C=O) groups excluding carboxylic acids is 1. The Bertz CT molecular complexity index is 674. The van der Waals surface area contributed by atoms with Crippen LogP contribution in [0, 0.1) is 0 Å². The molecular formula is C18H22N4O. The Kier molecular flexibility index (Phi) is 3.85. The van der Waals surface area contributed by atoms with Crippen LogP contribution in [0.5, 0.6) is 0 Å². The molecule has 2 heterocycles. The Labute approximate surface area is 136 Å². The van der Waals surface area contributed by atoms with Crippen LogP contribution in [-0.4, -0.2) is 38.7 Å². The molecule has 23 heavy (non-hydrogen) atoms. The number of hydrogen-bond acceptors (Lipinski definition) is 3. The lowest BCUT2D eigenvalue weighted by atomic mass is 9.96. The van der Waals surface area contributed by atoms with Crippen molar-refractivity contribution >= 4 is 5.91 Å². The fraction of sp³-hybridized carbons (Fsp3) is 0.500. The first-order chi connectivity index (χ1) is 11.3. The third kappa shape index (κ3) is 2.87. The van der Waals surface area contributed by atoms with E-state index < -0.39 is 0 Å². The maximum atomic E-state index is 12.7. The van der Waals surface area contributed by atoms with Gasteiger partial charge in [0.1, 0.15) is 12.7 Å². The number of rotatable bonds is 3. The van der Waals surface area contributed by atoms with Gasteiger partial charge in [0.2, 0.25) is 5.91 Å². The summed E-state index contributed by atoms with van der Waals surface area (Å²) in [5, 5.41) is 7.75. The van der Waals surface area contributed by atoms with Crippen molar-refractivity contribution in [2.24, 2.45) is 0 Å². The summed E-state index contributed by atoms with van der Waals surface area (Å²) in [6.45, 7) is 1.69. The van der Waals surface area contributed by atoms with E-state index in [4.69, 9.17) is 0 Å². The molecule has 2 aliphatic rings. The molecule has 0 N–H and O–H groups in total. The minimum Gasteiger partial charge on any atom is -0.343 e. The molecule has 4 rings (SSSR count). The van der Waals surface area contributed by atoms with Crippen LogP contribution in [0.15, 0.2) is 36.9 Å². The molecule has 1 saturated heterocycles. The zero-order chi connectivity index (χ0) is 15.6. The van der Waals surface area contributed by atoms with Crippen molar-refractivity contribution in [3.8, 4) is 0 Å². The maximum Gasteiger partial charge on any atom is 0.223 e. The van der Waals surface area contributed by atoms with E-state index >= 15 is 0 Å². The standard InChI is InChI=1S/C18H22N4O/c23-18(11-15-6-5-14-3-1-2-4-17(14)15)21-9-7-16(8-10-21)22-12-19-20-13-22/h1-4,12-13,15-16H,5-11H2/t15-/m0/s1. The highest BCUT2D eigenvalue weighted by molar-refractivity contribution is 5.77. The monoisotopic (exact) mass is 310 g/mol. The van der Waals surface area contributed by atoms with Crippen LogP contribution < -0.4 is 0 Å². The predicted molar refractivity (Wildman–Crippen MR) is 87.0 cm³/mol. The van der Waals surface area contributed by atoms with E-state index in [1.165, 1.54) is 11.1 Å². The number of likely N-dealkylation sites (tertiary alicyclic amines) is 1. The Morgan fingerprint density at radius 2 is 1.83 bits per heavy atom. The van der Waals surface area contributed by atoms with Gasteiger partial charge in [0.05, 0.1) is 0 Å². The molecule has 1 aromatic heterocycles. The van der Waals surface area contributed by atoms with E-state index in [1.807, 2.05) is 4.90 Å². The molecule has 2 aromatic rings. The molecule has 5 nitrogen and oxygen atoms in total. The van der Waals surface area contributed by atoms with E-state index in [-0.39, 0.29) is 0 Å². The molecule has 0 unspecified atom stereocenters. The second-order valence-electron chi connectivity index (χ2n) is 6.66. The average Bonchev–Trinajstić information content (AvgIpc) is 3.25. The molecule has 1 aromatic carbocycles. The number of amides is 1. The minimum atomic E-state index is 0.314. The largest absolute Gasteiger partial charge is 0.343 e. The van der Waals surface area contributed by atoms with Gasteiger partial charge in [-0.2, -0.15) is 0 Å². The van der Waals surface area contributed by atoms with Crippen molar-refractivity contribution in [1.82, 2.24) is 19.7 Å². The van der Waals surface area contributed by atoms with Crippen molar-refractivity contribution in [1.29, 1.82) is 0 Å². The molecule has 5 heteroatoms. The summed E-state index contributed by atoms with van der Waals surface area (Å²) < 4.78 is 2.06. The topological polar surface area (TPSA) is 51.0 Å². The van der Waals surface area contributed by atoms with Gasteiger partial charge >= 0.3 is 0 Å². The van der Waals surface area contributed by atoms with Crippen LogP contribution in [0.3, 0.4) is 0 Å². The third-order valence-electron chi connectivity index (χ3n) is 5.35. The Morgan fingerprint density at radius 3 is 2.61 bits per heavy atom. The lowest BCUT2D eigenvalue weighted by molar-refractivity contribution is -0.132. The average molecular weight is 310 g/mol. The number of nitrogens with zero attached hydrogens (tertiary/aromatic N) is 4. The van der Waals surface area contributed by atoms with Crippen LogP contribution in [0.25, 0.3) is 0 Å². The summed E-state index contributed by atoms with van der Waals surface area (Å²) in [6.07, 6.45) is 8.42. The van der Waals surface area contributed by atoms with Gasteiger partial charge in [-0.05, 0) is 42.7 Å². The van der Waals surface area contributed by atoms with E-state index in [9.17, 15) is 4.79 Å². The SMILES string of the molecule is O=C(C[C@@H]1CCc2ccccc21)N1CCC(n2cnnc2)CC1. The molecule has 1 fully saturated rings. The fourth-order valence-electron chi connectivity index (χ4n) is 4.01. The van der Waals surface area contributed by atoms with E-state index in [0.717, 1.165) is 38.8 Å². The highest BCUT2D eigenvalue weighted by Crippen LogP contribution is 2.36. The first kappa shape index (κ1) is 14.4. The first-order valence-corrected chi connectivity index (χ1v) is 8.51. The smallest absolute Gasteiger partial charge is 0.223 e. The number of hydrogen-bond donors (Lipinski definition) is 0. The van der Waals surface area contributed by atoms with Gasteiger partial charge in [-0.3, -0.25) is 4.79 Å². The number of fused-ring (bicyclic) bond motifs is 1. The Balaban J connectivity index is 1.34. The molecule has 0 bridgehead atoms. The maximum absolute atomic E-state index is 12.7. The van der Waals surface area contributed by atoms with Crippen LogP contribution in [0.1, 0.15) is 48.8 Å². The van der Waals surface area contributed by atoms with Crippen molar-refractivity contribution in [2.45, 2.75) is 44.1 Å². The number of carbonyl (C=O) groups is 1. The number of aromatic nitrogens is 3. The van der Waals surface area contributed by atoms with E-state index in [1.54, 1.807) is 12.7 Å². The summed E-state index contributed by atoms with van der Waals surface area (Å²) in [6, 6.07) is 9.01. The quantitative estimate of drug-likeness (QED) is 0.875. The molecule has 1 aliphatic carbocycles. The van der Waals surface area contributed by atoms with E-state index in [0.29, 0.717) is 24.3 Å². The molecule has 0 radical (unpaired) electrons. The van der Waals surface area contributed by atoms with Gasteiger partial charge in [-0.1, -0.05) is 24.3 Å². The Morgan fingerprint density at radius 1 is 1.09 bits per heavy atom. The molecule has 1 atom stereocenters. The molecule has 1 aliphatic heterocycles. The summed E-state index contributed by atoms with van der Waals surface area (Å²) in [5.41, 5.74) is 2.82. The molecule has 0 spiro atoms. The minimum absolute atomic E-state index is 0.314. The zero-order valence-corrected chi connectivity index (χ0v) is 13.3. The second-order valence-corrected chi connectivity index (χ2v) is 6.66. The van der Waals surface area contributed by atoms with Crippen molar-refractivity contribution in [3.63, 3.8) is 0 Å². The van der Waals surface area contributed by atoms with Crippen molar-refractivity contribution in [2.75, 3.05) is 13.1 Å². The highest BCUT2D eigenvalue weighted by Gasteiger charge is 2.28. The lowest BCUT2D eigenvalue weighted by Crippen LogP contribution is -2.39. The van der Waals surface area contributed by atoms with Gasteiger partial charge in [0.15, 0.2) is 0 Å². The molecule has 120 valence electrons. The lowest BCUT2D eigenvalue weighted by Gasteiger charge is -2.33. The number of benzene rings is 1. The molecule has 1 amide bonds. The zero-order valence-electron chi connectivity index (χ0n) is 13.3. The summed E-state index contributed by atoms with van der Waals surface area (Å²) >= 11 is 0. The predicted octanol–water partition coefficient (Wildman–Crippen LogP) is 2.56. The van der Waals surface area contributed by atoms with Gasteiger partial charge in [-0.25, -0.2) is 0 Å². The van der Waals surface area contributed by atoms with Crippen molar-refractivity contribution in [3.05, 3.63) is 48.0 Å².